The van der Waals surface area contributed by atoms with E-state index in [9.17, 15) is 14.7 Å². The Labute approximate surface area is 107 Å². The first-order chi connectivity index (χ1) is 8.65. The molecule has 1 aliphatic heterocycles. The molecule has 3 aliphatic rings. The molecule has 3 rings (SSSR count). The number of amides is 1. The molecule has 18 heavy (non-hydrogen) atoms. The Morgan fingerprint density at radius 2 is 1.78 bits per heavy atom. The molecule has 0 aromatic carbocycles. The van der Waals surface area contributed by atoms with E-state index < -0.39 is 11.4 Å². The number of nitrogens with zero attached hydrogens (tertiary/aromatic N) is 1. The van der Waals surface area contributed by atoms with Crippen LogP contribution in [-0.4, -0.2) is 34.5 Å². The van der Waals surface area contributed by atoms with Crippen LogP contribution in [0.15, 0.2) is 0 Å². The van der Waals surface area contributed by atoms with Crippen LogP contribution in [0.1, 0.15) is 51.4 Å². The van der Waals surface area contributed by atoms with Crippen molar-refractivity contribution in [3.63, 3.8) is 0 Å². The summed E-state index contributed by atoms with van der Waals surface area (Å²) in [7, 11) is 0. The highest BCUT2D eigenvalue weighted by Gasteiger charge is 2.54. The lowest BCUT2D eigenvalue weighted by atomic mass is 9.67. The SMILES string of the molecule is O=C(O)C1(C(=O)N2CCCC3CCCC32)CCC1. The van der Waals surface area contributed by atoms with Crippen molar-refractivity contribution in [3.8, 4) is 0 Å². The number of likely N-dealkylation sites (tertiary alicyclic amines) is 1. The molecular weight excluding hydrogens is 230 g/mol. The van der Waals surface area contributed by atoms with Gasteiger partial charge in [0.25, 0.3) is 0 Å². The standard InChI is InChI=1S/C14H21NO3/c16-12(14(13(17)18)7-3-8-14)15-9-2-5-10-4-1-6-11(10)15/h10-11H,1-9H2,(H,17,18). The van der Waals surface area contributed by atoms with Crippen molar-refractivity contribution >= 4 is 11.9 Å². The van der Waals surface area contributed by atoms with Gasteiger partial charge < -0.3 is 10.0 Å². The first kappa shape index (κ1) is 12.0. The number of carboxylic acids is 1. The Morgan fingerprint density at radius 3 is 2.39 bits per heavy atom. The summed E-state index contributed by atoms with van der Waals surface area (Å²) in [5, 5.41) is 9.38. The highest BCUT2D eigenvalue weighted by atomic mass is 16.4. The van der Waals surface area contributed by atoms with Gasteiger partial charge in [-0.05, 0) is 44.4 Å². The second-order valence-electron chi connectivity index (χ2n) is 6.14. The van der Waals surface area contributed by atoms with Crippen molar-refractivity contribution in [2.75, 3.05) is 6.54 Å². The molecule has 0 bridgehead atoms. The van der Waals surface area contributed by atoms with Crippen LogP contribution in [-0.2, 0) is 9.59 Å². The lowest BCUT2D eigenvalue weighted by Gasteiger charge is -2.45. The largest absolute Gasteiger partial charge is 0.480 e. The van der Waals surface area contributed by atoms with Gasteiger partial charge in [0.05, 0.1) is 0 Å². The summed E-state index contributed by atoms with van der Waals surface area (Å²) in [5.41, 5.74) is -1.07. The third-order valence-electron chi connectivity index (χ3n) is 5.28. The number of carbonyl (C=O) groups excluding carboxylic acids is 1. The minimum Gasteiger partial charge on any atom is -0.480 e. The summed E-state index contributed by atoms with van der Waals surface area (Å²) in [5.74, 6) is -0.356. The number of piperidine rings is 1. The summed E-state index contributed by atoms with van der Waals surface area (Å²) >= 11 is 0. The van der Waals surface area contributed by atoms with Crippen LogP contribution in [0.25, 0.3) is 0 Å². The molecule has 2 aliphatic carbocycles. The van der Waals surface area contributed by atoms with E-state index in [0.717, 1.165) is 25.8 Å². The van der Waals surface area contributed by atoms with Gasteiger partial charge in [-0.2, -0.15) is 0 Å². The Kier molecular flexibility index (Phi) is 2.83. The molecule has 2 atom stereocenters. The maximum atomic E-state index is 12.6. The molecule has 0 radical (unpaired) electrons. The summed E-state index contributed by atoms with van der Waals surface area (Å²) in [6.45, 7) is 0.773. The Balaban J connectivity index is 1.81. The van der Waals surface area contributed by atoms with Crippen molar-refractivity contribution in [2.24, 2.45) is 11.3 Å². The van der Waals surface area contributed by atoms with E-state index in [2.05, 4.69) is 0 Å². The van der Waals surface area contributed by atoms with Crippen LogP contribution in [0.3, 0.4) is 0 Å². The fraction of sp³-hybridized carbons (Fsp3) is 0.857. The monoisotopic (exact) mass is 251 g/mol. The average molecular weight is 251 g/mol. The van der Waals surface area contributed by atoms with E-state index in [0.29, 0.717) is 24.8 Å². The molecule has 1 heterocycles. The Bertz CT molecular complexity index is 375. The summed E-state index contributed by atoms with van der Waals surface area (Å²) in [6, 6.07) is 0.336. The zero-order chi connectivity index (χ0) is 12.8. The molecule has 4 nitrogen and oxygen atoms in total. The summed E-state index contributed by atoms with van der Waals surface area (Å²) in [4.78, 5) is 26.0. The maximum Gasteiger partial charge on any atom is 0.319 e. The number of aliphatic carboxylic acids is 1. The van der Waals surface area contributed by atoms with Crippen LogP contribution in [0.2, 0.25) is 0 Å². The second kappa shape index (κ2) is 4.25. The molecule has 4 heteroatoms. The maximum absolute atomic E-state index is 12.6. The van der Waals surface area contributed by atoms with Crippen LogP contribution in [0.5, 0.6) is 0 Å². The molecule has 2 unspecified atom stereocenters. The second-order valence-corrected chi connectivity index (χ2v) is 6.14. The zero-order valence-electron chi connectivity index (χ0n) is 10.7. The minimum atomic E-state index is -1.07. The molecule has 0 aromatic rings. The van der Waals surface area contributed by atoms with Crippen LogP contribution in [0, 0.1) is 11.3 Å². The number of hydrogen-bond acceptors (Lipinski definition) is 2. The molecular formula is C14H21NO3. The highest BCUT2D eigenvalue weighted by Crippen LogP contribution is 2.46. The molecule has 1 amide bonds. The van der Waals surface area contributed by atoms with E-state index in [4.69, 9.17) is 0 Å². The van der Waals surface area contributed by atoms with Crippen LogP contribution < -0.4 is 0 Å². The Hall–Kier alpha value is -1.06. The summed E-state index contributed by atoms with van der Waals surface area (Å²) < 4.78 is 0. The predicted octanol–water partition coefficient (Wildman–Crippen LogP) is 2.03. The van der Waals surface area contributed by atoms with Crippen molar-refractivity contribution in [3.05, 3.63) is 0 Å². The van der Waals surface area contributed by atoms with Gasteiger partial charge >= 0.3 is 5.97 Å². The lowest BCUT2D eigenvalue weighted by molar-refractivity contribution is -0.170. The van der Waals surface area contributed by atoms with Crippen molar-refractivity contribution < 1.29 is 14.7 Å². The third kappa shape index (κ3) is 1.57. The quantitative estimate of drug-likeness (QED) is 0.764. The number of fused-ring (bicyclic) bond motifs is 1. The van der Waals surface area contributed by atoms with E-state index in [1.54, 1.807) is 0 Å². The molecule has 3 fully saturated rings. The van der Waals surface area contributed by atoms with E-state index in [1.165, 1.54) is 19.3 Å². The summed E-state index contributed by atoms with van der Waals surface area (Å²) in [6.07, 6.45) is 7.70. The third-order valence-corrected chi connectivity index (χ3v) is 5.28. The van der Waals surface area contributed by atoms with Gasteiger partial charge in [0.1, 0.15) is 5.41 Å². The van der Waals surface area contributed by atoms with E-state index in [-0.39, 0.29) is 5.91 Å². The van der Waals surface area contributed by atoms with Crippen LogP contribution >= 0.6 is 0 Å². The number of carboxylic acid groups (broad SMARTS) is 1. The number of rotatable bonds is 2. The van der Waals surface area contributed by atoms with Gasteiger partial charge in [-0.25, -0.2) is 0 Å². The Morgan fingerprint density at radius 1 is 1.06 bits per heavy atom. The molecule has 0 aromatic heterocycles. The molecule has 0 spiro atoms. The van der Waals surface area contributed by atoms with E-state index >= 15 is 0 Å². The smallest absolute Gasteiger partial charge is 0.319 e. The van der Waals surface area contributed by atoms with Crippen molar-refractivity contribution in [1.82, 2.24) is 4.90 Å². The predicted molar refractivity (Wildman–Crippen MR) is 66.0 cm³/mol. The van der Waals surface area contributed by atoms with Crippen molar-refractivity contribution in [1.29, 1.82) is 0 Å². The van der Waals surface area contributed by atoms with Gasteiger partial charge in [-0.1, -0.05) is 12.8 Å². The normalized spacial score (nSPS) is 33.7. The highest BCUT2D eigenvalue weighted by molar-refractivity contribution is 6.03. The number of carbonyl (C=O) groups is 2. The molecule has 100 valence electrons. The molecule has 2 saturated carbocycles. The van der Waals surface area contributed by atoms with Gasteiger partial charge in [0.15, 0.2) is 0 Å². The van der Waals surface area contributed by atoms with Crippen molar-refractivity contribution in [2.45, 2.75) is 57.4 Å². The van der Waals surface area contributed by atoms with Gasteiger partial charge in [-0.3, -0.25) is 9.59 Å². The minimum absolute atomic E-state index is 0.0853. The van der Waals surface area contributed by atoms with Crippen LogP contribution in [0.4, 0.5) is 0 Å². The first-order valence-corrected chi connectivity index (χ1v) is 7.20. The fourth-order valence-electron chi connectivity index (χ4n) is 4.03. The zero-order valence-corrected chi connectivity index (χ0v) is 10.7. The first-order valence-electron chi connectivity index (χ1n) is 7.20. The van der Waals surface area contributed by atoms with Gasteiger partial charge in [0, 0.05) is 12.6 Å². The van der Waals surface area contributed by atoms with E-state index in [1.807, 2.05) is 4.90 Å². The lowest BCUT2D eigenvalue weighted by Crippen LogP contribution is -2.57. The van der Waals surface area contributed by atoms with Gasteiger partial charge in [0.2, 0.25) is 5.91 Å². The molecule has 1 N–H and O–H groups in total. The topological polar surface area (TPSA) is 57.6 Å². The molecule has 1 saturated heterocycles. The number of hydrogen-bond donors (Lipinski definition) is 1. The fourth-order valence-corrected chi connectivity index (χ4v) is 4.03. The van der Waals surface area contributed by atoms with Gasteiger partial charge in [-0.15, -0.1) is 0 Å². The average Bonchev–Trinajstić information content (AvgIpc) is 2.74.